The number of anilines is 1. The summed E-state index contributed by atoms with van der Waals surface area (Å²) in [6, 6.07) is 17.4. The van der Waals surface area contributed by atoms with Crippen LogP contribution in [-0.4, -0.2) is 40.7 Å². The maximum absolute atomic E-state index is 12.7. The predicted octanol–water partition coefficient (Wildman–Crippen LogP) is 3.92. The van der Waals surface area contributed by atoms with Crippen LogP contribution < -0.4 is 10.2 Å². The summed E-state index contributed by atoms with van der Waals surface area (Å²) in [5, 5.41) is 12.2. The Bertz CT molecular complexity index is 959. The van der Waals surface area contributed by atoms with Crippen LogP contribution in [0.2, 0.25) is 5.02 Å². The molecule has 1 aliphatic rings. The number of thioether (sulfide) groups is 1. The van der Waals surface area contributed by atoms with Crippen LogP contribution in [0.15, 0.2) is 59.0 Å². The summed E-state index contributed by atoms with van der Waals surface area (Å²) < 4.78 is 5.99. The normalized spacial score (nSPS) is 15.0. The fourth-order valence-electron chi connectivity index (χ4n) is 3.33. The Hall–Kier alpha value is -2.51. The van der Waals surface area contributed by atoms with E-state index in [1.807, 2.05) is 54.2 Å². The van der Waals surface area contributed by atoms with Crippen LogP contribution in [0.5, 0.6) is 0 Å². The fraction of sp³-hybridized carbons (Fsp3) is 0.318. The first-order chi connectivity index (χ1) is 14.7. The molecular weight excluding hydrogens is 420 g/mol. The number of carbonyl (C=O) groups is 1. The van der Waals surface area contributed by atoms with Gasteiger partial charge in [-0.25, -0.2) is 0 Å². The lowest BCUT2D eigenvalue weighted by Gasteiger charge is -2.24. The molecule has 0 aliphatic carbocycles. The summed E-state index contributed by atoms with van der Waals surface area (Å²) in [5.74, 6) is 2.41. The van der Waals surface area contributed by atoms with E-state index in [1.54, 1.807) is 12.1 Å². The lowest BCUT2D eigenvalue weighted by molar-refractivity contribution is -0.121. The third kappa shape index (κ3) is 5.55. The Balaban J connectivity index is 1.49. The van der Waals surface area contributed by atoms with Crippen molar-refractivity contribution in [1.82, 2.24) is 15.5 Å². The van der Waals surface area contributed by atoms with Gasteiger partial charge >= 0.3 is 6.01 Å². The van der Waals surface area contributed by atoms with E-state index in [4.69, 9.17) is 16.0 Å². The number of amides is 1. The first kappa shape index (κ1) is 20.8. The number of nitrogens with zero attached hydrogens (tertiary/aromatic N) is 3. The Morgan fingerprint density at radius 3 is 2.53 bits per heavy atom. The van der Waals surface area contributed by atoms with Gasteiger partial charge in [-0.05, 0) is 23.3 Å². The second-order valence-electron chi connectivity index (χ2n) is 7.14. The van der Waals surface area contributed by atoms with Crippen LogP contribution in [0.25, 0.3) is 0 Å². The third-order valence-corrected chi connectivity index (χ3v) is 6.10. The molecule has 2 heterocycles. The molecule has 0 bridgehead atoms. The highest BCUT2D eigenvalue weighted by Gasteiger charge is 2.24. The van der Waals surface area contributed by atoms with Gasteiger partial charge in [0.15, 0.2) is 0 Å². The second kappa shape index (κ2) is 10.00. The standard InChI is InChI=1S/C22H23ClN4O2S/c23-18-8-6-17(7-9-18)15-20(28)24-19(14-16-4-2-1-3-5-16)21-25-26-22(29-21)27-10-12-30-13-11-27/h1-9,19H,10-15H2,(H,24,28)/t19-/m1/s1. The van der Waals surface area contributed by atoms with Gasteiger partial charge in [0.1, 0.15) is 6.04 Å². The maximum atomic E-state index is 12.7. The van der Waals surface area contributed by atoms with Gasteiger partial charge < -0.3 is 14.6 Å². The van der Waals surface area contributed by atoms with Gasteiger partial charge in [-0.1, -0.05) is 59.2 Å². The SMILES string of the molecule is O=C(Cc1ccc(Cl)cc1)N[C@H](Cc1ccccc1)c1nnc(N2CCSCC2)o1. The molecule has 1 aromatic heterocycles. The van der Waals surface area contributed by atoms with Gasteiger partial charge in [0.2, 0.25) is 11.8 Å². The molecule has 8 heteroatoms. The van der Waals surface area contributed by atoms with Gasteiger partial charge in [-0.2, -0.15) is 11.8 Å². The van der Waals surface area contributed by atoms with Crippen LogP contribution in [0.4, 0.5) is 6.01 Å². The van der Waals surface area contributed by atoms with E-state index in [2.05, 4.69) is 20.4 Å². The zero-order chi connectivity index (χ0) is 20.8. The Kier molecular flexibility index (Phi) is 6.92. The van der Waals surface area contributed by atoms with E-state index in [-0.39, 0.29) is 12.3 Å². The van der Waals surface area contributed by atoms with E-state index in [9.17, 15) is 4.79 Å². The number of nitrogens with one attached hydrogen (secondary N) is 1. The number of carbonyl (C=O) groups excluding carboxylic acids is 1. The van der Waals surface area contributed by atoms with Crippen LogP contribution in [0, 0.1) is 0 Å². The molecule has 1 saturated heterocycles. The molecule has 4 rings (SSSR count). The molecule has 2 aromatic carbocycles. The van der Waals surface area contributed by atoms with Crippen molar-refractivity contribution < 1.29 is 9.21 Å². The number of hydrogen-bond acceptors (Lipinski definition) is 6. The van der Waals surface area contributed by atoms with Crippen molar-refractivity contribution in [2.45, 2.75) is 18.9 Å². The maximum Gasteiger partial charge on any atom is 0.318 e. The van der Waals surface area contributed by atoms with Crippen molar-refractivity contribution in [3.63, 3.8) is 0 Å². The van der Waals surface area contributed by atoms with Crippen molar-refractivity contribution in [3.05, 3.63) is 76.6 Å². The minimum absolute atomic E-state index is 0.104. The van der Waals surface area contributed by atoms with Gasteiger partial charge in [0.05, 0.1) is 6.42 Å². The molecule has 1 N–H and O–H groups in total. The quantitative estimate of drug-likeness (QED) is 0.598. The van der Waals surface area contributed by atoms with Crippen molar-refractivity contribution in [1.29, 1.82) is 0 Å². The van der Waals surface area contributed by atoms with Gasteiger partial charge in [-0.15, -0.1) is 5.10 Å². The molecule has 6 nitrogen and oxygen atoms in total. The number of aromatic nitrogens is 2. The van der Waals surface area contributed by atoms with E-state index in [1.165, 1.54) is 0 Å². The zero-order valence-corrected chi connectivity index (χ0v) is 18.0. The first-order valence-corrected chi connectivity index (χ1v) is 11.4. The lowest BCUT2D eigenvalue weighted by atomic mass is 10.1. The molecule has 0 spiro atoms. The molecule has 0 radical (unpaired) electrons. The van der Waals surface area contributed by atoms with Crippen molar-refractivity contribution in [2.24, 2.45) is 0 Å². The van der Waals surface area contributed by atoms with Crippen molar-refractivity contribution in [2.75, 3.05) is 29.5 Å². The Labute approximate surface area is 185 Å². The Morgan fingerprint density at radius 1 is 1.07 bits per heavy atom. The number of benzene rings is 2. The highest BCUT2D eigenvalue weighted by molar-refractivity contribution is 7.99. The molecule has 3 aromatic rings. The van der Waals surface area contributed by atoms with Crippen molar-refractivity contribution >= 4 is 35.3 Å². The topological polar surface area (TPSA) is 71.3 Å². The minimum atomic E-state index is -0.396. The number of rotatable bonds is 7. The van der Waals surface area contributed by atoms with E-state index < -0.39 is 6.04 Å². The molecule has 1 amide bonds. The zero-order valence-electron chi connectivity index (χ0n) is 16.5. The summed E-state index contributed by atoms with van der Waals surface area (Å²) >= 11 is 7.86. The molecule has 1 aliphatic heterocycles. The highest BCUT2D eigenvalue weighted by atomic mass is 35.5. The summed E-state index contributed by atoms with van der Waals surface area (Å²) in [5.41, 5.74) is 1.98. The van der Waals surface area contributed by atoms with E-state index in [0.29, 0.717) is 23.3 Å². The highest BCUT2D eigenvalue weighted by Crippen LogP contribution is 2.23. The fourth-order valence-corrected chi connectivity index (χ4v) is 4.36. The predicted molar refractivity (Wildman–Crippen MR) is 120 cm³/mol. The van der Waals surface area contributed by atoms with Crippen LogP contribution in [0.1, 0.15) is 23.1 Å². The number of hydrogen-bond donors (Lipinski definition) is 1. The molecule has 1 atom stereocenters. The monoisotopic (exact) mass is 442 g/mol. The van der Waals surface area contributed by atoms with E-state index in [0.717, 1.165) is 35.7 Å². The van der Waals surface area contributed by atoms with E-state index >= 15 is 0 Å². The first-order valence-electron chi connectivity index (χ1n) is 9.91. The molecule has 156 valence electrons. The minimum Gasteiger partial charge on any atom is -0.406 e. The lowest BCUT2D eigenvalue weighted by Crippen LogP contribution is -2.32. The third-order valence-electron chi connectivity index (χ3n) is 4.91. The van der Waals surface area contributed by atoms with Crippen LogP contribution in [0.3, 0.4) is 0 Å². The molecule has 30 heavy (non-hydrogen) atoms. The van der Waals surface area contributed by atoms with Crippen molar-refractivity contribution in [3.8, 4) is 0 Å². The summed E-state index contributed by atoms with van der Waals surface area (Å²) in [6.07, 6.45) is 0.831. The summed E-state index contributed by atoms with van der Waals surface area (Å²) in [7, 11) is 0. The smallest absolute Gasteiger partial charge is 0.318 e. The van der Waals surface area contributed by atoms with Crippen LogP contribution in [-0.2, 0) is 17.6 Å². The summed E-state index contributed by atoms with van der Waals surface area (Å²) in [6.45, 7) is 1.77. The van der Waals surface area contributed by atoms with Gasteiger partial charge in [0, 0.05) is 36.0 Å². The van der Waals surface area contributed by atoms with Gasteiger partial charge in [-0.3, -0.25) is 4.79 Å². The largest absolute Gasteiger partial charge is 0.406 e. The second-order valence-corrected chi connectivity index (χ2v) is 8.80. The molecule has 0 saturated carbocycles. The average Bonchev–Trinajstić information content (AvgIpc) is 3.27. The Morgan fingerprint density at radius 2 is 1.80 bits per heavy atom. The average molecular weight is 443 g/mol. The van der Waals surface area contributed by atoms with Gasteiger partial charge in [0.25, 0.3) is 0 Å². The summed E-state index contributed by atoms with van der Waals surface area (Å²) in [4.78, 5) is 14.8. The number of halogens is 1. The van der Waals surface area contributed by atoms with Crippen LogP contribution >= 0.6 is 23.4 Å². The molecular formula is C22H23ClN4O2S. The molecule has 1 fully saturated rings. The molecule has 0 unspecified atom stereocenters.